The molecule has 0 saturated heterocycles. The number of carbonyl (C=O) groups excluding carboxylic acids is 2. The van der Waals surface area contributed by atoms with Gasteiger partial charge in [0.2, 0.25) is 0 Å². The Hall–Kier alpha value is -3.15. The average Bonchev–Trinajstić information content (AvgIpc) is 2.72. The first-order valence-corrected chi connectivity index (χ1v) is 9.96. The molecule has 0 aliphatic carbocycles. The van der Waals surface area contributed by atoms with Gasteiger partial charge in [0.15, 0.2) is 0 Å². The fraction of sp³-hybridized carbons (Fsp3) is 0.348. The predicted molar refractivity (Wildman–Crippen MR) is 113 cm³/mol. The molecular formula is C23H28N2O4. The maximum atomic E-state index is 12.8. The van der Waals surface area contributed by atoms with Crippen LogP contribution in [0.4, 0.5) is 5.69 Å². The minimum Gasteiger partial charge on any atom is -0.481 e. The van der Waals surface area contributed by atoms with Gasteiger partial charge >= 0.3 is 5.97 Å². The summed E-state index contributed by atoms with van der Waals surface area (Å²) in [4.78, 5) is 38.0. The van der Waals surface area contributed by atoms with Gasteiger partial charge in [0, 0.05) is 36.3 Å². The standard InChI is InChI=1S/C23H28N2O4/c1-3-13-25(14-4-2)23(29)19-9-6-8-18(16-19)22(28)24-20-10-5-7-17(15-20)11-12-21(26)27/h5-10,15-16H,3-4,11-14H2,1-2H3,(H,24,28)(H,26,27). The van der Waals surface area contributed by atoms with Gasteiger partial charge < -0.3 is 15.3 Å². The molecule has 154 valence electrons. The van der Waals surface area contributed by atoms with Gasteiger partial charge in [0.1, 0.15) is 0 Å². The van der Waals surface area contributed by atoms with Gasteiger partial charge in [-0.15, -0.1) is 0 Å². The van der Waals surface area contributed by atoms with Crippen LogP contribution in [0.15, 0.2) is 48.5 Å². The maximum Gasteiger partial charge on any atom is 0.303 e. The molecule has 0 spiro atoms. The van der Waals surface area contributed by atoms with Crippen LogP contribution in [0.1, 0.15) is 59.4 Å². The second-order valence-corrected chi connectivity index (χ2v) is 6.92. The molecule has 0 heterocycles. The van der Waals surface area contributed by atoms with E-state index in [1.165, 1.54) is 0 Å². The zero-order valence-corrected chi connectivity index (χ0v) is 17.0. The molecule has 0 aliphatic rings. The van der Waals surface area contributed by atoms with Crippen molar-refractivity contribution in [3.63, 3.8) is 0 Å². The van der Waals surface area contributed by atoms with Crippen LogP contribution in [0.3, 0.4) is 0 Å². The molecule has 6 nitrogen and oxygen atoms in total. The molecule has 2 aromatic carbocycles. The Morgan fingerprint density at radius 1 is 0.931 bits per heavy atom. The average molecular weight is 396 g/mol. The highest BCUT2D eigenvalue weighted by molar-refractivity contribution is 6.06. The Balaban J connectivity index is 2.12. The molecule has 0 bridgehead atoms. The number of carboxylic acid groups (broad SMARTS) is 1. The number of nitrogens with one attached hydrogen (secondary N) is 1. The first-order valence-electron chi connectivity index (χ1n) is 9.96. The van der Waals surface area contributed by atoms with E-state index >= 15 is 0 Å². The van der Waals surface area contributed by atoms with Gasteiger partial charge in [-0.2, -0.15) is 0 Å². The normalized spacial score (nSPS) is 10.4. The van der Waals surface area contributed by atoms with Gasteiger partial charge in [-0.3, -0.25) is 14.4 Å². The highest BCUT2D eigenvalue weighted by Gasteiger charge is 2.16. The number of benzene rings is 2. The first-order chi connectivity index (χ1) is 13.9. The summed E-state index contributed by atoms with van der Waals surface area (Å²) in [7, 11) is 0. The number of carbonyl (C=O) groups is 3. The Morgan fingerprint density at radius 3 is 2.24 bits per heavy atom. The molecule has 2 rings (SSSR count). The summed E-state index contributed by atoms with van der Waals surface area (Å²) in [6.45, 7) is 5.44. The van der Waals surface area contributed by atoms with Crippen molar-refractivity contribution in [2.45, 2.75) is 39.5 Å². The highest BCUT2D eigenvalue weighted by Crippen LogP contribution is 2.15. The lowest BCUT2D eigenvalue weighted by Gasteiger charge is -2.21. The molecule has 2 aromatic rings. The third-order valence-corrected chi connectivity index (χ3v) is 4.46. The molecule has 0 aromatic heterocycles. The number of anilines is 1. The van der Waals surface area contributed by atoms with Crippen molar-refractivity contribution in [1.82, 2.24) is 4.90 Å². The molecule has 2 N–H and O–H groups in total. The number of aryl methyl sites for hydroxylation is 1. The monoisotopic (exact) mass is 396 g/mol. The van der Waals surface area contributed by atoms with Gasteiger partial charge in [-0.05, 0) is 55.2 Å². The number of aliphatic carboxylic acids is 1. The van der Waals surface area contributed by atoms with Crippen LogP contribution in [0.2, 0.25) is 0 Å². The lowest BCUT2D eigenvalue weighted by atomic mass is 10.1. The summed E-state index contributed by atoms with van der Waals surface area (Å²) in [6, 6.07) is 13.8. The second kappa shape index (κ2) is 11.0. The lowest BCUT2D eigenvalue weighted by molar-refractivity contribution is -0.136. The maximum absolute atomic E-state index is 12.8. The van der Waals surface area contributed by atoms with E-state index in [1.54, 1.807) is 42.5 Å². The van der Waals surface area contributed by atoms with Crippen LogP contribution < -0.4 is 5.32 Å². The van der Waals surface area contributed by atoms with Crippen molar-refractivity contribution in [3.05, 3.63) is 65.2 Å². The van der Waals surface area contributed by atoms with Crippen molar-refractivity contribution in [2.75, 3.05) is 18.4 Å². The molecule has 0 radical (unpaired) electrons. The van der Waals surface area contributed by atoms with Crippen LogP contribution in [0.25, 0.3) is 0 Å². The summed E-state index contributed by atoms with van der Waals surface area (Å²) in [5, 5.41) is 11.6. The molecule has 6 heteroatoms. The molecule has 0 atom stereocenters. The minimum atomic E-state index is -0.860. The number of nitrogens with zero attached hydrogens (tertiary/aromatic N) is 1. The van der Waals surface area contributed by atoms with Crippen LogP contribution >= 0.6 is 0 Å². The summed E-state index contributed by atoms with van der Waals surface area (Å²) < 4.78 is 0. The number of hydrogen-bond acceptors (Lipinski definition) is 3. The first kappa shape index (κ1) is 22.1. The van der Waals surface area contributed by atoms with Crippen molar-refractivity contribution in [1.29, 1.82) is 0 Å². The Bertz CT molecular complexity index is 857. The summed E-state index contributed by atoms with van der Waals surface area (Å²) in [5.41, 5.74) is 2.33. The smallest absolute Gasteiger partial charge is 0.303 e. The van der Waals surface area contributed by atoms with Gasteiger partial charge in [-0.1, -0.05) is 32.0 Å². The van der Waals surface area contributed by atoms with E-state index < -0.39 is 5.97 Å². The Labute approximate surface area is 171 Å². The topological polar surface area (TPSA) is 86.7 Å². The van der Waals surface area contributed by atoms with E-state index in [9.17, 15) is 14.4 Å². The summed E-state index contributed by atoms with van der Waals surface area (Å²) in [5.74, 6) is -1.24. The van der Waals surface area contributed by atoms with Crippen LogP contribution in [-0.4, -0.2) is 40.9 Å². The van der Waals surface area contributed by atoms with E-state index in [2.05, 4.69) is 5.32 Å². The van der Waals surface area contributed by atoms with E-state index in [1.807, 2.05) is 24.8 Å². The van der Waals surface area contributed by atoms with Gasteiger partial charge in [0.05, 0.1) is 0 Å². The lowest BCUT2D eigenvalue weighted by Crippen LogP contribution is -2.32. The highest BCUT2D eigenvalue weighted by atomic mass is 16.4. The molecule has 0 unspecified atom stereocenters. The molecule has 0 fully saturated rings. The third-order valence-electron chi connectivity index (χ3n) is 4.46. The van der Waals surface area contributed by atoms with Crippen molar-refractivity contribution in [2.24, 2.45) is 0 Å². The van der Waals surface area contributed by atoms with Crippen molar-refractivity contribution in [3.8, 4) is 0 Å². The van der Waals surface area contributed by atoms with Crippen LogP contribution in [-0.2, 0) is 11.2 Å². The SMILES string of the molecule is CCCN(CCC)C(=O)c1cccc(C(=O)Nc2cccc(CCC(=O)O)c2)c1. The Kier molecular flexibility index (Phi) is 8.40. The number of rotatable bonds is 10. The molecular weight excluding hydrogens is 368 g/mol. The van der Waals surface area contributed by atoms with E-state index in [0.29, 0.717) is 36.3 Å². The summed E-state index contributed by atoms with van der Waals surface area (Å²) >= 11 is 0. The Morgan fingerprint density at radius 2 is 1.59 bits per heavy atom. The predicted octanol–water partition coefficient (Wildman–Crippen LogP) is 4.22. The van der Waals surface area contributed by atoms with E-state index in [0.717, 1.165) is 18.4 Å². The van der Waals surface area contributed by atoms with Crippen LogP contribution in [0, 0.1) is 0 Å². The molecule has 0 saturated carbocycles. The van der Waals surface area contributed by atoms with E-state index in [-0.39, 0.29) is 18.2 Å². The largest absolute Gasteiger partial charge is 0.481 e. The minimum absolute atomic E-state index is 0.0353. The van der Waals surface area contributed by atoms with Gasteiger partial charge in [-0.25, -0.2) is 0 Å². The zero-order valence-electron chi connectivity index (χ0n) is 17.0. The quantitative estimate of drug-likeness (QED) is 0.630. The zero-order chi connectivity index (χ0) is 21.2. The molecule has 29 heavy (non-hydrogen) atoms. The molecule has 0 aliphatic heterocycles. The third kappa shape index (κ3) is 6.75. The molecule has 2 amide bonds. The number of amides is 2. The number of hydrogen-bond donors (Lipinski definition) is 2. The fourth-order valence-electron chi connectivity index (χ4n) is 3.09. The van der Waals surface area contributed by atoms with Gasteiger partial charge in [0.25, 0.3) is 11.8 Å². The number of carboxylic acids is 1. The summed E-state index contributed by atoms with van der Waals surface area (Å²) in [6.07, 6.45) is 2.19. The van der Waals surface area contributed by atoms with Crippen LogP contribution in [0.5, 0.6) is 0 Å². The fourth-order valence-corrected chi connectivity index (χ4v) is 3.09. The second-order valence-electron chi connectivity index (χ2n) is 6.92. The van der Waals surface area contributed by atoms with Crippen molar-refractivity contribution >= 4 is 23.5 Å². The van der Waals surface area contributed by atoms with E-state index in [4.69, 9.17) is 5.11 Å². The van der Waals surface area contributed by atoms with Crippen molar-refractivity contribution < 1.29 is 19.5 Å².